The molecule has 1 amide bonds. The number of ether oxygens (including phenoxy) is 1. The number of nitrogens with one attached hydrogen (secondary N) is 1. The number of amides is 1. The number of aromatic nitrogens is 3. The highest BCUT2D eigenvalue weighted by atomic mass is 32.2. The number of carbonyl (C=O) groups is 1. The molecule has 12 heteroatoms. The average Bonchev–Trinajstić information content (AvgIpc) is 3.41. The summed E-state index contributed by atoms with van der Waals surface area (Å²) in [4.78, 5) is 12.7. The van der Waals surface area contributed by atoms with Gasteiger partial charge >= 0.3 is 0 Å². The van der Waals surface area contributed by atoms with Gasteiger partial charge in [-0.15, -0.1) is 10.2 Å². The van der Waals surface area contributed by atoms with Crippen LogP contribution in [0.3, 0.4) is 0 Å². The van der Waals surface area contributed by atoms with Crippen molar-refractivity contribution in [1.82, 2.24) is 19.7 Å². The lowest BCUT2D eigenvalue weighted by molar-refractivity contribution is 0.102. The third-order valence-corrected chi connectivity index (χ3v) is 8.48. The molecule has 0 unspecified atom stereocenters. The standard InChI is InChI=1S/C20H23N5O5S2/c1-12-17(13(2)30-24-12)32(27,28)25-10-4-5-14(11-25)19-22-23-20(31-19)18(26)21-15-6-8-16(29-3)9-7-15/h6-9,14H,4-5,10-11H2,1-3H3,(H,21,26)/t14-/m1/s1. The third-order valence-electron chi connectivity index (χ3n) is 5.28. The van der Waals surface area contributed by atoms with E-state index in [1.54, 1.807) is 45.2 Å². The number of anilines is 1. The predicted octanol–water partition coefficient (Wildman–Crippen LogP) is 2.97. The Morgan fingerprint density at radius 3 is 2.66 bits per heavy atom. The lowest BCUT2D eigenvalue weighted by Crippen LogP contribution is -2.39. The number of aryl methyl sites for hydroxylation is 2. The second-order valence-electron chi connectivity index (χ2n) is 7.48. The van der Waals surface area contributed by atoms with Gasteiger partial charge in [-0.05, 0) is 51.0 Å². The van der Waals surface area contributed by atoms with Gasteiger partial charge in [-0.3, -0.25) is 4.79 Å². The van der Waals surface area contributed by atoms with Crippen molar-refractivity contribution in [1.29, 1.82) is 0 Å². The summed E-state index contributed by atoms with van der Waals surface area (Å²) in [5, 5.41) is 15.6. The number of hydrogen-bond donors (Lipinski definition) is 1. The van der Waals surface area contributed by atoms with E-state index < -0.39 is 10.0 Å². The fourth-order valence-corrected chi connectivity index (χ4v) is 6.36. The first-order valence-electron chi connectivity index (χ1n) is 10.0. The Morgan fingerprint density at radius 1 is 1.25 bits per heavy atom. The maximum absolute atomic E-state index is 13.1. The Balaban J connectivity index is 1.47. The molecular weight excluding hydrogens is 454 g/mol. The van der Waals surface area contributed by atoms with Gasteiger partial charge in [0.05, 0.1) is 7.11 Å². The third kappa shape index (κ3) is 4.38. The van der Waals surface area contributed by atoms with Crippen LogP contribution < -0.4 is 10.1 Å². The summed E-state index contributed by atoms with van der Waals surface area (Å²) in [5.74, 6) is 0.460. The maximum atomic E-state index is 13.1. The van der Waals surface area contributed by atoms with Crippen LogP contribution in [0.2, 0.25) is 0 Å². The molecule has 1 fully saturated rings. The van der Waals surface area contributed by atoms with Crippen LogP contribution in [-0.2, 0) is 10.0 Å². The first-order valence-corrected chi connectivity index (χ1v) is 12.3. The first kappa shape index (κ1) is 22.4. The zero-order chi connectivity index (χ0) is 22.9. The molecule has 0 bridgehead atoms. The molecule has 32 heavy (non-hydrogen) atoms. The van der Waals surface area contributed by atoms with Crippen molar-refractivity contribution in [2.75, 3.05) is 25.5 Å². The van der Waals surface area contributed by atoms with Crippen LogP contribution in [0.5, 0.6) is 5.75 Å². The smallest absolute Gasteiger partial charge is 0.286 e. The van der Waals surface area contributed by atoms with E-state index in [0.717, 1.165) is 6.42 Å². The van der Waals surface area contributed by atoms with Crippen LogP contribution in [0.4, 0.5) is 5.69 Å². The number of sulfonamides is 1. The second-order valence-corrected chi connectivity index (χ2v) is 10.4. The monoisotopic (exact) mass is 477 g/mol. The van der Waals surface area contributed by atoms with E-state index in [1.807, 2.05) is 0 Å². The minimum atomic E-state index is -3.73. The van der Waals surface area contributed by atoms with Gasteiger partial charge < -0.3 is 14.6 Å². The number of hydrogen-bond acceptors (Lipinski definition) is 9. The molecule has 1 aromatic carbocycles. The summed E-state index contributed by atoms with van der Waals surface area (Å²) in [7, 11) is -2.16. The zero-order valence-corrected chi connectivity index (χ0v) is 19.5. The lowest BCUT2D eigenvalue weighted by Gasteiger charge is -2.30. The summed E-state index contributed by atoms with van der Waals surface area (Å²) in [6.45, 7) is 3.88. The average molecular weight is 478 g/mol. The van der Waals surface area contributed by atoms with Crippen LogP contribution in [-0.4, -0.2) is 54.2 Å². The minimum Gasteiger partial charge on any atom is -0.497 e. The molecule has 2 aromatic heterocycles. The maximum Gasteiger partial charge on any atom is 0.286 e. The number of carbonyl (C=O) groups excluding carboxylic acids is 1. The van der Waals surface area contributed by atoms with E-state index in [2.05, 4.69) is 20.7 Å². The van der Waals surface area contributed by atoms with Gasteiger partial charge in [0.15, 0.2) is 5.76 Å². The summed E-state index contributed by atoms with van der Waals surface area (Å²) < 4.78 is 37.9. The number of methoxy groups -OCH3 is 1. The lowest BCUT2D eigenvalue weighted by atomic mass is 10.0. The number of nitrogens with zero attached hydrogens (tertiary/aromatic N) is 4. The van der Waals surface area contributed by atoms with Crippen molar-refractivity contribution < 1.29 is 22.5 Å². The summed E-state index contributed by atoms with van der Waals surface area (Å²) in [6.07, 6.45) is 1.45. The highest BCUT2D eigenvalue weighted by Gasteiger charge is 2.36. The van der Waals surface area contributed by atoms with Crippen molar-refractivity contribution in [2.45, 2.75) is 37.5 Å². The van der Waals surface area contributed by atoms with Gasteiger partial charge in [-0.25, -0.2) is 8.42 Å². The van der Waals surface area contributed by atoms with Gasteiger partial charge in [0.25, 0.3) is 5.91 Å². The molecule has 10 nitrogen and oxygen atoms in total. The molecular formula is C20H23N5O5S2. The van der Waals surface area contributed by atoms with Gasteiger partial charge in [0, 0.05) is 24.7 Å². The quantitative estimate of drug-likeness (QED) is 0.574. The molecule has 170 valence electrons. The molecule has 0 saturated carbocycles. The molecule has 3 aromatic rings. The molecule has 1 aliphatic heterocycles. The number of piperidine rings is 1. The van der Waals surface area contributed by atoms with Crippen LogP contribution >= 0.6 is 11.3 Å². The fourth-order valence-electron chi connectivity index (χ4n) is 3.68. The molecule has 0 spiro atoms. The van der Waals surface area contributed by atoms with Crippen molar-refractivity contribution in [3.8, 4) is 5.75 Å². The molecule has 1 saturated heterocycles. The molecule has 3 heterocycles. The topological polar surface area (TPSA) is 128 Å². The highest BCUT2D eigenvalue weighted by molar-refractivity contribution is 7.89. The molecule has 4 rings (SSSR count). The molecule has 0 radical (unpaired) electrons. The van der Waals surface area contributed by atoms with Gasteiger partial charge in [0.2, 0.25) is 15.0 Å². The van der Waals surface area contributed by atoms with Gasteiger partial charge in [-0.2, -0.15) is 4.31 Å². The summed E-state index contributed by atoms with van der Waals surface area (Å²) in [5.41, 5.74) is 0.958. The summed E-state index contributed by atoms with van der Waals surface area (Å²) in [6, 6.07) is 6.96. The van der Waals surface area contributed by atoms with E-state index >= 15 is 0 Å². The largest absolute Gasteiger partial charge is 0.497 e. The first-order chi connectivity index (χ1) is 15.3. The number of rotatable bonds is 6. The molecule has 0 aliphatic carbocycles. The number of benzene rings is 1. The van der Waals surface area contributed by atoms with Crippen molar-refractivity contribution in [2.24, 2.45) is 0 Å². The normalized spacial score (nSPS) is 17.3. The van der Waals surface area contributed by atoms with E-state index in [1.165, 1.54) is 15.6 Å². The predicted molar refractivity (Wildman–Crippen MR) is 118 cm³/mol. The Bertz CT molecular complexity index is 1200. The van der Waals surface area contributed by atoms with E-state index in [4.69, 9.17) is 9.26 Å². The van der Waals surface area contributed by atoms with Crippen LogP contribution in [0.1, 0.15) is 45.0 Å². The van der Waals surface area contributed by atoms with Crippen LogP contribution in [0.15, 0.2) is 33.7 Å². The van der Waals surface area contributed by atoms with Crippen molar-refractivity contribution in [3.05, 3.63) is 45.7 Å². The van der Waals surface area contributed by atoms with Crippen LogP contribution in [0, 0.1) is 13.8 Å². The highest BCUT2D eigenvalue weighted by Crippen LogP contribution is 2.33. The van der Waals surface area contributed by atoms with E-state index in [0.29, 0.717) is 35.1 Å². The Kier molecular flexibility index (Phi) is 6.26. The Morgan fingerprint density at radius 2 is 2.00 bits per heavy atom. The SMILES string of the molecule is COc1ccc(NC(=O)c2nnc([C@@H]3CCCN(S(=O)(=O)c4c(C)noc4C)C3)s2)cc1. The van der Waals surface area contributed by atoms with Crippen molar-refractivity contribution in [3.63, 3.8) is 0 Å². The Labute approximate surface area is 189 Å². The van der Waals surface area contributed by atoms with Gasteiger partial charge in [-0.1, -0.05) is 16.5 Å². The fraction of sp³-hybridized carbons (Fsp3) is 0.400. The molecule has 1 aliphatic rings. The zero-order valence-electron chi connectivity index (χ0n) is 17.9. The van der Waals surface area contributed by atoms with Gasteiger partial charge in [0.1, 0.15) is 21.3 Å². The van der Waals surface area contributed by atoms with E-state index in [-0.39, 0.29) is 34.0 Å². The van der Waals surface area contributed by atoms with Crippen molar-refractivity contribution >= 4 is 33.0 Å². The molecule has 1 N–H and O–H groups in total. The minimum absolute atomic E-state index is 0.120. The second kappa shape index (κ2) is 8.96. The van der Waals surface area contributed by atoms with Crippen LogP contribution in [0.25, 0.3) is 0 Å². The van der Waals surface area contributed by atoms with E-state index in [9.17, 15) is 13.2 Å². The summed E-state index contributed by atoms with van der Waals surface area (Å²) >= 11 is 1.18. The Hall–Kier alpha value is -2.83. The molecule has 1 atom stereocenters.